The molecule has 4 rings (SSSR count). The molecule has 0 radical (unpaired) electrons. The predicted molar refractivity (Wildman–Crippen MR) is 108 cm³/mol. The van der Waals surface area contributed by atoms with E-state index in [1.54, 1.807) is 0 Å². The van der Waals surface area contributed by atoms with Gasteiger partial charge in [-0.15, -0.1) is 0 Å². The van der Waals surface area contributed by atoms with Gasteiger partial charge in [-0.25, -0.2) is 0 Å². The van der Waals surface area contributed by atoms with E-state index in [2.05, 4.69) is 58.1 Å². The third kappa shape index (κ3) is 4.51. The van der Waals surface area contributed by atoms with E-state index in [1.165, 1.54) is 12.7 Å². The van der Waals surface area contributed by atoms with Crippen molar-refractivity contribution < 1.29 is 19.5 Å². The second kappa shape index (κ2) is 8.52. The van der Waals surface area contributed by atoms with Crippen LogP contribution in [0.15, 0.2) is 49.1 Å². The van der Waals surface area contributed by atoms with Crippen molar-refractivity contribution in [1.29, 1.82) is 0 Å². The van der Waals surface area contributed by atoms with Crippen molar-refractivity contribution in [2.45, 2.75) is 44.9 Å². The molecule has 4 aromatic rings. The molecule has 0 N–H and O–H groups in total. The van der Waals surface area contributed by atoms with Crippen LogP contribution in [0, 0.1) is 0 Å². The molecule has 4 aromatic heterocycles. The van der Waals surface area contributed by atoms with Gasteiger partial charge in [-0.05, 0) is 42.3 Å². The van der Waals surface area contributed by atoms with E-state index < -0.39 is 0 Å². The molecule has 0 aliphatic carbocycles. The Hall–Kier alpha value is -2.80. The molecule has 9 heteroatoms. The zero-order valence-corrected chi connectivity index (χ0v) is 20.6. The summed E-state index contributed by atoms with van der Waals surface area (Å²) in [5, 5.41) is 15.6. The average molecular weight is 452 g/mol. The molecule has 148 valence electrons. The topological polar surface area (TPSA) is 106 Å². The van der Waals surface area contributed by atoms with E-state index in [0.717, 1.165) is 29.2 Å². The van der Waals surface area contributed by atoms with Crippen LogP contribution in [-0.2, 0) is 30.3 Å². The Balaban J connectivity index is 0.00000256. The van der Waals surface area contributed by atoms with Crippen LogP contribution in [0.1, 0.15) is 45.5 Å². The van der Waals surface area contributed by atoms with Gasteiger partial charge < -0.3 is 20.2 Å². The Kier molecular flexibility index (Phi) is 6.22. The number of hydrogen-bond donors (Lipinski definition) is 0. The maximum absolute atomic E-state index is 4.81. The summed E-state index contributed by atoms with van der Waals surface area (Å²) in [6.45, 7) is 8.77. The Morgan fingerprint density at radius 1 is 0.700 bits per heavy atom. The van der Waals surface area contributed by atoms with Crippen molar-refractivity contribution in [3.05, 3.63) is 60.4 Å². The van der Waals surface area contributed by atoms with Gasteiger partial charge >= 0.3 is 19.5 Å². The standard InChI is InChI=1S/C21H22N8.Zn/c1-20(2,16-9-5-7-14(26-16)18-22-12-24-28-18)11-21(3,4)17-10-6-8-15(27-17)19-23-13-25-29-19;/h5-10,12-13H,11H2,1-4H3;/q-2;+2. The predicted octanol–water partition coefficient (Wildman–Crippen LogP) is 2.95. The fourth-order valence-corrected chi connectivity index (χ4v) is 3.77. The third-order valence-electron chi connectivity index (χ3n) is 5.00. The minimum absolute atomic E-state index is 0. The van der Waals surface area contributed by atoms with Crippen LogP contribution in [0.5, 0.6) is 0 Å². The maximum atomic E-state index is 4.81. The number of nitrogens with zero attached hydrogens (tertiary/aromatic N) is 8. The summed E-state index contributed by atoms with van der Waals surface area (Å²) >= 11 is 0. The third-order valence-corrected chi connectivity index (χ3v) is 5.00. The van der Waals surface area contributed by atoms with E-state index in [-0.39, 0.29) is 30.3 Å². The minimum Gasteiger partial charge on any atom is -0.424 e. The van der Waals surface area contributed by atoms with Crippen LogP contribution in [0.3, 0.4) is 0 Å². The van der Waals surface area contributed by atoms with Gasteiger partial charge in [0.15, 0.2) is 0 Å². The molecule has 0 aromatic carbocycles. The molecule has 0 aliphatic heterocycles. The first kappa shape index (κ1) is 21.9. The zero-order valence-electron chi connectivity index (χ0n) is 17.6. The fourth-order valence-electron chi connectivity index (χ4n) is 3.77. The van der Waals surface area contributed by atoms with Crippen LogP contribution >= 0.6 is 0 Å². The molecule has 0 aliphatic rings. The molecular weight excluding hydrogens is 430 g/mol. The summed E-state index contributed by atoms with van der Waals surface area (Å²) in [6, 6.07) is 11.9. The molecule has 0 spiro atoms. The quantitative estimate of drug-likeness (QED) is 0.412. The average Bonchev–Trinajstić information content (AvgIpc) is 3.42. The number of rotatable bonds is 6. The van der Waals surface area contributed by atoms with Crippen LogP contribution in [0.2, 0.25) is 0 Å². The van der Waals surface area contributed by atoms with Crippen molar-refractivity contribution in [1.82, 2.24) is 40.3 Å². The molecule has 0 saturated heterocycles. The smallest absolute Gasteiger partial charge is 0.424 e. The van der Waals surface area contributed by atoms with Gasteiger partial charge in [0.1, 0.15) is 0 Å². The summed E-state index contributed by atoms with van der Waals surface area (Å²) in [6.07, 6.45) is 3.71. The molecule has 0 atom stereocenters. The van der Waals surface area contributed by atoms with Gasteiger partial charge in [0.05, 0.1) is 11.4 Å². The molecule has 0 unspecified atom stereocenters. The summed E-state index contributed by atoms with van der Waals surface area (Å²) < 4.78 is 0. The molecule has 0 amide bonds. The SMILES string of the molecule is CC(C)(CC(C)(C)c1cccc(-c2ncn[n-]2)n1)c1cccc(-c2ncn[n-]2)n1.[Zn+2]. The molecule has 30 heavy (non-hydrogen) atoms. The monoisotopic (exact) mass is 450 g/mol. The van der Waals surface area contributed by atoms with Gasteiger partial charge in [-0.3, -0.25) is 20.2 Å². The Labute approximate surface area is 188 Å². The van der Waals surface area contributed by atoms with Gasteiger partial charge in [-0.1, -0.05) is 39.8 Å². The van der Waals surface area contributed by atoms with E-state index >= 15 is 0 Å². The summed E-state index contributed by atoms with van der Waals surface area (Å²) in [5.74, 6) is 1.08. The van der Waals surface area contributed by atoms with E-state index in [0.29, 0.717) is 11.6 Å². The fraction of sp³-hybridized carbons (Fsp3) is 0.333. The van der Waals surface area contributed by atoms with E-state index in [4.69, 9.17) is 9.97 Å². The van der Waals surface area contributed by atoms with Crippen LogP contribution in [0.4, 0.5) is 0 Å². The molecule has 0 bridgehead atoms. The van der Waals surface area contributed by atoms with Crippen molar-refractivity contribution in [2.75, 3.05) is 0 Å². The second-order valence-electron chi connectivity index (χ2n) is 8.33. The molecule has 8 nitrogen and oxygen atoms in total. The van der Waals surface area contributed by atoms with Crippen LogP contribution in [-0.4, -0.2) is 30.1 Å². The Morgan fingerprint density at radius 2 is 1.13 bits per heavy atom. The normalized spacial score (nSPS) is 11.9. The van der Waals surface area contributed by atoms with E-state index in [9.17, 15) is 0 Å². The van der Waals surface area contributed by atoms with Crippen molar-refractivity contribution in [3.8, 4) is 23.0 Å². The van der Waals surface area contributed by atoms with E-state index in [1.807, 2.05) is 36.4 Å². The van der Waals surface area contributed by atoms with Crippen LogP contribution in [0.25, 0.3) is 23.0 Å². The van der Waals surface area contributed by atoms with Gasteiger partial charge in [0.25, 0.3) is 0 Å². The van der Waals surface area contributed by atoms with Crippen LogP contribution < -0.4 is 10.2 Å². The maximum Gasteiger partial charge on any atom is 2.00 e. The first-order valence-electron chi connectivity index (χ1n) is 9.42. The zero-order chi connectivity index (χ0) is 20.5. The number of pyridine rings is 2. The summed E-state index contributed by atoms with van der Waals surface area (Å²) in [4.78, 5) is 17.9. The van der Waals surface area contributed by atoms with Crippen molar-refractivity contribution in [2.24, 2.45) is 0 Å². The number of aromatic nitrogens is 8. The molecular formula is C21H22N8Zn. The molecule has 0 fully saturated rings. The summed E-state index contributed by atoms with van der Waals surface area (Å²) in [5.41, 5.74) is 3.02. The van der Waals surface area contributed by atoms with Crippen molar-refractivity contribution >= 4 is 0 Å². The molecule has 0 saturated carbocycles. The number of hydrogen-bond acceptors (Lipinski definition) is 6. The van der Waals surface area contributed by atoms with Gasteiger partial charge in [-0.2, -0.15) is 0 Å². The molecule has 4 heterocycles. The minimum atomic E-state index is -0.199. The Bertz CT molecular complexity index is 1000. The van der Waals surface area contributed by atoms with Crippen molar-refractivity contribution in [3.63, 3.8) is 0 Å². The second-order valence-corrected chi connectivity index (χ2v) is 8.33. The first-order valence-corrected chi connectivity index (χ1v) is 9.42. The largest absolute Gasteiger partial charge is 2.00 e. The summed E-state index contributed by atoms with van der Waals surface area (Å²) in [7, 11) is 0. The first-order chi connectivity index (χ1) is 13.9. The van der Waals surface area contributed by atoms with Gasteiger partial charge in [0, 0.05) is 34.9 Å². The van der Waals surface area contributed by atoms with Gasteiger partial charge in [0.2, 0.25) is 0 Å². The Morgan fingerprint density at radius 3 is 1.50 bits per heavy atom.